The van der Waals surface area contributed by atoms with E-state index in [2.05, 4.69) is 5.32 Å². The first-order valence-corrected chi connectivity index (χ1v) is 8.33. The number of imide groups is 1. The summed E-state index contributed by atoms with van der Waals surface area (Å²) in [5.74, 6) is -1.19. The number of carbonyl (C=O) groups is 3. The summed E-state index contributed by atoms with van der Waals surface area (Å²) in [5.41, 5.74) is 1.81. The smallest absolute Gasteiger partial charge is 0.261 e. The maximum Gasteiger partial charge on any atom is 0.261 e. The predicted molar refractivity (Wildman–Crippen MR) is 98.8 cm³/mol. The molecule has 0 aromatic heterocycles. The fourth-order valence-corrected chi connectivity index (χ4v) is 3.17. The van der Waals surface area contributed by atoms with E-state index in [4.69, 9.17) is 0 Å². The van der Waals surface area contributed by atoms with Crippen molar-refractivity contribution in [2.24, 2.45) is 0 Å². The highest BCUT2D eigenvalue weighted by molar-refractivity contribution is 6.12. The fraction of sp³-hybridized carbons (Fsp3) is 0.0952. The number of hydrogen-bond acceptors (Lipinski definition) is 3. The van der Waals surface area contributed by atoms with E-state index in [1.165, 1.54) is 0 Å². The summed E-state index contributed by atoms with van der Waals surface area (Å²) in [7, 11) is 0. The number of anilines is 1. The van der Waals surface area contributed by atoms with Gasteiger partial charge in [0.2, 0.25) is 11.8 Å². The molecule has 5 nitrogen and oxygen atoms in total. The number of hydrogen-bond donors (Lipinski definition) is 1. The molecule has 0 spiro atoms. The van der Waals surface area contributed by atoms with Crippen LogP contribution < -0.4 is 5.32 Å². The van der Waals surface area contributed by atoms with Gasteiger partial charge < -0.3 is 5.32 Å². The van der Waals surface area contributed by atoms with E-state index in [1.54, 1.807) is 30.3 Å². The van der Waals surface area contributed by atoms with Gasteiger partial charge in [0.25, 0.3) is 5.91 Å². The van der Waals surface area contributed by atoms with Gasteiger partial charge in [0.15, 0.2) is 0 Å². The maximum atomic E-state index is 12.5. The first-order valence-electron chi connectivity index (χ1n) is 8.33. The van der Waals surface area contributed by atoms with E-state index in [1.807, 2.05) is 36.4 Å². The molecule has 0 saturated heterocycles. The van der Waals surface area contributed by atoms with Crippen molar-refractivity contribution in [3.63, 3.8) is 0 Å². The minimum atomic E-state index is -0.425. The second-order valence-electron chi connectivity index (χ2n) is 6.23. The van der Waals surface area contributed by atoms with Gasteiger partial charge in [0, 0.05) is 11.3 Å². The van der Waals surface area contributed by atoms with Crippen LogP contribution in [0.4, 0.5) is 5.69 Å². The summed E-state index contributed by atoms with van der Waals surface area (Å²) in [6, 6.07) is 20.4. The molecule has 1 N–H and O–H groups in total. The lowest BCUT2D eigenvalue weighted by Gasteiger charge is -2.26. The lowest BCUT2D eigenvalue weighted by atomic mass is 9.98. The van der Waals surface area contributed by atoms with Crippen molar-refractivity contribution in [2.45, 2.75) is 6.42 Å². The Morgan fingerprint density at radius 1 is 0.923 bits per heavy atom. The topological polar surface area (TPSA) is 66.5 Å². The maximum absolute atomic E-state index is 12.5. The van der Waals surface area contributed by atoms with E-state index >= 15 is 0 Å². The number of carbonyl (C=O) groups excluding carboxylic acids is 3. The highest BCUT2D eigenvalue weighted by Gasteiger charge is 2.31. The lowest BCUT2D eigenvalue weighted by Crippen LogP contribution is -2.46. The summed E-state index contributed by atoms with van der Waals surface area (Å²) in [5, 5.41) is 4.84. The van der Waals surface area contributed by atoms with Crippen LogP contribution in [0, 0.1) is 0 Å². The van der Waals surface area contributed by atoms with Crippen LogP contribution >= 0.6 is 0 Å². The molecule has 0 unspecified atom stereocenters. The van der Waals surface area contributed by atoms with Crippen molar-refractivity contribution in [3.05, 3.63) is 77.9 Å². The quantitative estimate of drug-likeness (QED) is 0.743. The zero-order valence-corrected chi connectivity index (χ0v) is 13.9. The van der Waals surface area contributed by atoms with Crippen molar-refractivity contribution in [1.82, 2.24) is 4.90 Å². The number of rotatable bonds is 3. The van der Waals surface area contributed by atoms with Crippen molar-refractivity contribution in [3.8, 4) is 0 Å². The van der Waals surface area contributed by atoms with Gasteiger partial charge in [0.1, 0.15) is 6.54 Å². The van der Waals surface area contributed by atoms with Crippen molar-refractivity contribution >= 4 is 34.2 Å². The number of benzene rings is 3. The Balaban J connectivity index is 1.50. The molecule has 4 rings (SSSR count). The molecule has 0 radical (unpaired) electrons. The van der Waals surface area contributed by atoms with Gasteiger partial charge in [0.05, 0.1) is 6.42 Å². The molecule has 128 valence electrons. The standard InChI is InChI=1S/C21H16N2O3/c24-19(22-17-10-9-14-5-1-2-6-15(14)11-17)13-23-20(25)12-16-7-3-4-8-18(16)21(23)26/h1-11H,12-13H2,(H,22,24). The van der Waals surface area contributed by atoms with Gasteiger partial charge in [-0.1, -0.05) is 48.5 Å². The average molecular weight is 344 g/mol. The molecule has 0 aliphatic carbocycles. The summed E-state index contributed by atoms with van der Waals surface area (Å²) in [4.78, 5) is 38.1. The van der Waals surface area contributed by atoms with Crippen LogP contribution in [0.5, 0.6) is 0 Å². The van der Waals surface area contributed by atoms with E-state index in [9.17, 15) is 14.4 Å². The van der Waals surface area contributed by atoms with Gasteiger partial charge in [-0.05, 0) is 34.5 Å². The molecule has 0 fully saturated rings. The van der Waals surface area contributed by atoms with Gasteiger partial charge in [-0.3, -0.25) is 19.3 Å². The molecule has 0 saturated carbocycles. The number of nitrogens with one attached hydrogen (secondary N) is 1. The largest absolute Gasteiger partial charge is 0.325 e. The lowest BCUT2D eigenvalue weighted by molar-refractivity contribution is -0.131. The fourth-order valence-electron chi connectivity index (χ4n) is 3.17. The molecule has 0 atom stereocenters. The Bertz CT molecular complexity index is 1040. The number of nitrogens with zero attached hydrogens (tertiary/aromatic N) is 1. The van der Waals surface area contributed by atoms with E-state index in [0.29, 0.717) is 16.8 Å². The number of amides is 3. The Hall–Kier alpha value is -3.47. The Morgan fingerprint density at radius 2 is 1.65 bits per heavy atom. The molecule has 26 heavy (non-hydrogen) atoms. The highest BCUT2D eigenvalue weighted by atomic mass is 16.2. The van der Waals surface area contributed by atoms with Crippen molar-refractivity contribution in [2.75, 3.05) is 11.9 Å². The van der Waals surface area contributed by atoms with E-state index in [-0.39, 0.29) is 18.9 Å². The van der Waals surface area contributed by atoms with Gasteiger partial charge in [-0.2, -0.15) is 0 Å². The Kier molecular flexibility index (Phi) is 3.97. The average Bonchev–Trinajstić information content (AvgIpc) is 2.65. The van der Waals surface area contributed by atoms with E-state index < -0.39 is 11.8 Å². The SMILES string of the molecule is O=C(CN1C(=O)Cc2ccccc2C1=O)Nc1ccc2ccccc2c1. The highest BCUT2D eigenvalue weighted by Crippen LogP contribution is 2.21. The van der Waals surface area contributed by atoms with Crippen LogP contribution in [-0.2, 0) is 16.0 Å². The molecule has 5 heteroatoms. The van der Waals surface area contributed by atoms with E-state index in [0.717, 1.165) is 15.7 Å². The molecule has 3 amide bonds. The molecule has 1 heterocycles. The van der Waals surface area contributed by atoms with Crippen LogP contribution in [0.25, 0.3) is 10.8 Å². The van der Waals surface area contributed by atoms with Crippen LogP contribution in [0.15, 0.2) is 66.7 Å². The van der Waals surface area contributed by atoms with Crippen molar-refractivity contribution in [1.29, 1.82) is 0 Å². The van der Waals surface area contributed by atoms with Gasteiger partial charge in [-0.15, -0.1) is 0 Å². The molecule has 1 aliphatic heterocycles. The Morgan fingerprint density at radius 3 is 2.50 bits per heavy atom. The van der Waals surface area contributed by atoms with Crippen LogP contribution in [0.2, 0.25) is 0 Å². The third-order valence-corrected chi connectivity index (χ3v) is 4.47. The second-order valence-corrected chi connectivity index (χ2v) is 6.23. The molecular formula is C21H16N2O3. The summed E-state index contributed by atoms with van der Waals surface area (Å²) < 4.78 is 0. The predicted octanol–water partition coefficient (Wildman–Crippen LogP) is 3.00. The zero-order chi connectivity index (χ0) is 18.1. The monoisotopic (exact) mass is 344 g/mol. The van der Waals surface area contributed by atoms with Crippen LogP contribution in [0.1, 0.15) is 15.9 Å². The van der Waals surface area contributed by atoms with Crippen LogP contribution in [0.3, 0.4) is 0 Å². The zero-order valence-electron chi connectivity index (χ0n) is 13.9. The molecular weight excluding hydrogens is 328 g/mol. The third kappa shape index (κ3) is 2.95. The molecule has 3 aromatic carbocycles. The number of fused-ring (bicyclic) bond motifs is 2. The molecule has 0 bridgehead atoms. The van der Waals surface area contributed by atoms with Crippen LogP contribution in [-0.4, -0.2) is 29.2 Å². The van der Waals surface area contributed by atoms with Gasteiger partial charge >= 0.3 is 0 Å². The third-order valence-electron chi connectivity index (χ3n) is 4.47. The first kappa shape index (κ1) is 16.0. The normalized spacial score (nSPS) is 13.6. The second kappa shape index (κ2) is 6.44. The minimum Gasteiger partial charge on any atom is -0.325 e. The summed E-state index contributed by atoms with van der Waals surface area (Å²) in [6.45, 7) is -0.293. The minimum absolute atomic E-state index is 0.130. The Labute approximate surface area is 150 Å². The van der Waals surface area contributed by atoms with Crippen molar-refractivity contribution < 1.29 is 14.4 Å². The molecule has 3 aromatic rings. The summed E-state index contributed by atoms with van der Waals surface area (Å²) in [6.07, 6.45) is 0.130. The summed E-state index contributed by atoms with van der Waals surface area (Å²) >= 11 is 0. The molecule has 1 aliphatic rings. The van der Waals surface area contributed by atoms with Gasteiger partial charge in [-0.25, -0.2) is 0 Å². The first-order chi connectivity index (χ1) is 12.6.